The largest absolute Gasteiger partial charge is 0.388 e. The summed E-state index contributed by atoms with van der Waals surface area (Å²) >= 11 is 0. The summed E-state index contributed by atoms with van der Waals surface area (Å²) in [4.78, 5) is 51.7. The SMILES string of the molecule is CNc1ccc(-c2ccc(C3=NC4(CCN(C(=O)CN(C)C)CC4)C(=O)N3CCCCN(C)C(=O)C3CC3)cc2)cc1C=N. The minimum Gasteiger partial charge on any atom is -0.388 e. The topological polar surface area (TPSA) is 112 Å². The van der Waals surface area contributed by atoms with Crippen molar-refractivity contribution in [1.29, 1.82) is 5.41 Å². The molecular formula is C34H45N7O3. The fourth-order valence-corrected chi connectivity index (χ4v) is 6.18. The van der Waals surface area contributed by atoms with Gasteiger partial charge < -0.3 is 25.4 Å². The Morgan fingerprint density at radius 2 is 1.68 bits per heavy atom. The van der Waals surface area contributed by atoms with Crippen LogP contribution < -0.4 is 5.32 Å². The Balaban J connectivity index is 1.34. The highest BCUT2D eigenvalue weighted by molar-refractivity contribution is 6.15. The van der Waals surface area contributed by atoms with E-state index >= 15 is 0 Å². The van der Waals surface area contributed by atoms with Gasteiger partial charge in [-0.2, -0.15) is 0 Å². The molecule has 2 aliphatic heterocycles. The predicted molar refractivity (Wildman–Crippen MR) is 174 cm³/mol. The van der Waals surface area contributed by atoms with E-state index in [1.807, 2.05) is 90.3 Å². The summed E-state index contributed by atoms with van der Waals surface area (Å²) in [6.45, 7) is 2.58. The van der Waals surface area contributed by atoms with Crippen LogP contribution in [0.5, 0.6) is 0 Å². The number of hydrogen-bond acceptors (Lipinski definition) is 7. The number of benzene rings is 2. The molecule has 2 aromatic carbocycles. The van der Waals surface area contributed by atoms with E-state index in [4.69, 9.17) is 10.4 Å². The average molecular weight is 600 g/mol. The molecule has 2 N–H and O–H groups in total. The van der Waals surface area contributed by atoms with Crippen LogP contribution >= 0.6 is 0 Å². The van der Waals surface area contributed by atoms with Crippen molar-refractivity contribution in [3.05, 3.63) is 53.6 Å². The number of amides is 3. The molecule has 10 heteroatoms. The summed E-state index contributed by atoms with van der Waals surface area (Å²) in [6, 6.07) is 14.1. The number of unbranched alkanes of at least 4 members (excludes halogenated alkanes) is 1. The fourth-order valence-electron chi connectivity index (χ4n) is 6.18. The molecule has 2 heterocycles. The second-order valence-corrected chi connectivity index (χ2v) is 12.6. The number of anilines is 1. The molecule has 10 nitrogen and oxygen atoms in total. The Hall–Kier alpha value is -4.05. The van der Waals surface area contributed by atoms with Crippen LogP contribution in [0.4, 0.5) is 5.69 Å². The Morgan fingerprint density at radius 3 is 2.30 bits per heavy atom. The normalized spacial score (nSPS) is 17.7. The summed E-state index contributed by atoms with van der Waals surface area (Å²) in [7, 11) is 7.48. The Bertz CT molecular complexity index is 1420. The third-order valence-corrected chi connectivity index (χ3v) is 8.99. The van der Waals surface area contributed by atoms with Crippen LogP contribution in [0.2, 0.25) is 0 Å². The van der Waals surface area contributed by atoms with E-state index in [1.165, 1.54) is 6.21 Å². The number of rotatable bonds is 12. The van der Waals surface area contributed by atoms with Crippen molar-refractivity contribution in [2.45, 2.75) is 44.1 Å². The van der Waals surface area contributed by atoms with E-state index in [2.05, 4.69) is 5.32 Å². The number of nitrogens with one attached hydrogen (secondary N) is 2. The van der Waals surface area contributed by atoms with Crippen LogP contribution in [-0.4, -0.2) is 116 Å². The van der Waals surface area contributed by atoms with Gasteiger partial charge in [-0.05, 0) is 75.9 Å². The maximum absolute atomic E-state index is 14.1. The Kier molecular flexibility index (Phi) is 9.48. The number of likely N-dealkylation sites (tertiary alicyclic amines) is 1. The highest BCUT2D eigenvalue weighted by Crippen LogP contribution is 2.36. The number of aliphatic imine (C=N–C) groups is 1. The number of nitrogens with zero attached hydrogens (tertiary/aromatic N) is 5. The van der Waals surface area contributed by atoms with Gasteiger partial charge >= 0.3 is 0 Å². The second kappa shape index (κ2) is 13.3. The van der Waals surface area contributed by atoms with Crippen LogP contribution in [0.1, 0.15) is 49.7 Å². The summed E-state index contributed by atoms with van der Waals surface area (Å²) in [5.41, 5.74) is 3.76. The van der Waals surface area contributed by atoms with Gasteiger partial charge in [0.15, 0.2) is 0 Å². The predicted octanol–water partition coefficient (Wildman–Crippen LogP) is 3.55. The number of carbonyl (C=O) groups is 3. The maximum atomic E-state index is 14.1. The first kappa shape index (κ1) is 31.4. The van der Waals surface area contributed by atoms with Gasteiger partial charge in [0.1, 0.15) is 11.4 Å². The molecule has 2 aromatic rings. The highest BCUT2D eigenvalue weighted by Gasteiger charge is 2.50. The average Bonchev–Trinajstić information content (AvgIpc) is 3.85. The molecule has 0 unspecified atom stereocenters. The lowest BCUT2D eigenvalue weighted by Crippen LogP contribution is -2.52. The zero-order valence-electron chi connectivity index (χ0n) is 26.4. The van der Waals surface area contributed by atoms with E-state index in [9.17, 15) is 14.4 Å². The first-order valence-electron chi connectivity index (χ1n) is 15.7. The maximum Gasteiger partial charge on any atom is 0.256 e. The first-order valence-corrected chi connectivity index (χ1v) is 15.7. The van der Waals surface area contributed by atoms with Crippen molar-refractivity contribution in [1.82, 2.24) is 19.6 Å². The quantitative estimate of drug-likeness (QED) is 0.286. The van der Waals surface area contributed by atoms with E-state index in [1.54, 1.807) is 0 Å². The van der Waals surface area contributed by atoms with Crippen LogP contribution in [-0.2, 0) is 14.4 Å². The van der Waals surface area contributed by atoms with Gasteiger partial charge in [-0.3, -0.25) is 24.3 Å². The van der Waals surface area contributed by atoms with Gasteiger partial charge in [0, 0.05) is 69.2 Å². The molecule has 234 valence electrons. The number of piperidine rings is 1. The summed E-state index contributed by atoms with van der Waals surface area (Å²) in [5.74, 6) is 1.20. The van der Waals surface area contributed by atoms with Gasteiger partial charge in [-0.1, -0.05) is 30.3 Å². The number of hydrogen-bond donors (Lipinski definition) is 2. The van der Waals surface area contributed by atoms with Crippen LogP contribution in [0.25, 0.3) is 11.1 Å². The third kappa shape index (κ3) is 6.70. The Morgan fingerprint density at radius 1 is 1.02 bits per heavy atom. The van der Waals surface area contributed by atoms with Crippen LogP contribution in [0, 0.1) is 11.3 Å². The molecule has 0 radical (unpaired) electrons. The zero-order valence-corrected chi connectivity index (χ0v) is 26.4. The Labute approximate surface area is 260 Å². The van der Waals surface area contributed by atoms with E-state index < -0.39 is 5.54 Å². The summed E-state index contributed by atoms with van der Waals surface area (Å²) < 4.78 is 0. The molecule has 0 bridgehead atoms. The zero-order chi connectivity index (χ0) is 31.4. The van der Waals surface area contributed by atoms with Gasteiger partial charge in [-0.15, -0.1) is 0 Å². The minimum atomic E-state index is -0.858. The standard InChI is InChI=1S/C34H45N7O3/c1-36-29-14-13-27(21-28(29)22-35)24-7-9-25(10-8-24)31-37-34(15-19-40(20-16-34)30(42)23-38(2)3)33(44)41(31)18-6-5-17-39(4)32(43)26-11-12-26/h7-10,13-14,21-22,26,35-36H,5-6,11-12,15-20,23H2,1-4H3. The van der Waals surface area contributed by atoms with Crippen molar-refractivity contribution in [3.63, 3.8) is 0 Å². The van der Waals surface area contributed by atoms with Crippen LogP contribution in [0.15, 0.2) is 47.5 Å². The molecule has 44 heavy (non-hydrogen) atoms. The van der Waals surface area contributed by atoms with E-state index in [0.717, 1.165) is 53.6 Å². The lowest BCUT2D eigenvalue weighted by Gasteiger charge is -2.36. The number of likely N-dealkylation sites (N-methyl/N-ethyl adjacent to an activating group) is 1. The monoisotopic (exact) mass is 599 g/mol. The third-order valence-electron chi connectivity index (χ3n) is 8.99. The molecule has 1 saturated heterocycles. The minimum absolute atomic E-state index is 0.0111. The highest BCUT2D eigenvalue weighted by atomic mass is 16.2. The molecule has 0 aromatic heterocycles. The van der Waals surface area contributed by atoms with Crippen molar-refractivity contribution in [2.75, 3.05) is 66.2 Å². The molecule has 0 atom stereocenters. The first-order chi connectivity index (χ1) is 21.2. The molecule has 3 amide bonds. The molecule has 2 fully saturated rings. The van der Waals surface area contributed by atoms with Crippen molar-refractivity contribution >= 4 is 35.5 Å². The smallest absolute Gasteiger partial charge is 0.256 e. The molecule has 1 spiro atoms. The molecule has 3 aliphatic rings. The van der Waals surface area contributed by atoms with Gasteiger partial charge in [0.05, 0.1) is 6.54 Å². The molecule has 1 aliphatic carbocycles. The lowest BCUT2D eigenvalue weighted by atomic mass is 9.87. The number of amidine groups is 1. The lowest BCUT2D eigenvalue weighted by molar-refractivity contribution is -0.138. The summed E-state index contributed by atoms with van der Waals surface area (Å²) in [5, 5.41) is 10.9. The van der Waals surface area contributed by atoms with Gasteiger partial charge in [-0.25, -0.2) is 0 Å². The van der Waals surface area contributed by atoms with Gasteiger partial charge in [0.25, 0.3) is 5.91 Å². The van der Waals surface area contributed by atoms with Gasteiger partial charge in [0.2, 0.25) is 11.8 Å². The second-order valence-electron chi connectivity index (χ2n) is 12.6. The van der Waals surface area contributed by atoms with Crippen molar-refractivity contribution < 1.29 is 14.4 Å². The van der Waals surface area contributed by atoms with E-state index in [-0.39, 0.29) is 23.6 Å². The fraction of sp³-hybridized carbons (Fsp3) is 0.500. The molecular weight excluding hydrogens is 554 g/mol. The summed E-state index contributed by atoms with van der Waals surface area (Å²) in [6.07, 6.45) is 5.92. The van der Waals surface area contributed by atoms with Crippen molar-refractivity contribution in [3.8, 4) is 11.1 Å². The van der Waals surface area contributed by atoms with Crippen molar-refractivity contribution in [2.24, 2.45) is 10.9 Å². The molecule has 5 rings (SSSR count). The van der Waals surface area contributed by atoms with E-state index in [0.29, 0.717) is 51.4 Å². The molecule has 1 saturated carbocycles. The number of carbonyl (C=O) groups excluding carboxylic acids is 3. The van der Waals surface area contributed by atoms with Crippen LogP contribution in [0.3, 0.4) is 0 Å².